The Morgan fingerprint density at radius 3 is 2.85 bits per heavy atom. The van der Waals surface area contributed by atoms with Crippen molar-refractivity contribution in [2.75, 3.05) is 5.43 Å². The van der Waals surface area contributed by atoms with Gasteiger partial charge in [0.15, 0.2) is 5.16 Å². The standard InChI is InChI=1S/C11H17N7OS/c1-4-18-10(19)16-17-11(18)20-9-7(6(2)3)8(15-12)13-5-14-9/h5-6H,4,12H2,1-3H3,(H,16,19)(H,13,14,15). The topological polar surface area (TPSA) is 115 Å². The maximum Gasteiger partial charge on any atom is 0.343 e. The van der Waals surface area contributed by atoms with E-state index in [1.54, 1.807) is 4.57 Å². The Hall–Kier alpha value is -1.87. The van der Waals surface area contributed by atoms with E-state index in [1.165, 1.54) is 18.1 Å². The fraction of sp³-hybridized carbons (Fsp3) is 0.455. The SMILES string of the molecule is CCn1c(Sc2ncnc(NN)c2C(C)C)n[nH]c1=O. The molecule has 0 saturated carbocycles. The summed E-state index contributed by atoms with van der Waals surface area (Å²) >= 11 is 1.32. The van der Waals surface area contributed by atoms with Gasteiger partial charge in [0.25, 0.3) is 0 Å². The zero-order valence-electron chi connectivity index (χ0n) is 11.5. The lowest BCUT2D eigenvalue weighted by atomic mass is 10.1. The quantitative estimate of drug-likeness (QED) is 0.427. The number of nitrogen functional groups attached to an aromatic ring is 1. The van der Waals surface area contributed by atoms with E-state index in [1.807, 2.05) is 20.8 Å². The van der Waals surface area contributed by atoms with E-state index in [2.05, 4.69) is 25.6 Å². The Labute approximate surface area is 120 Å². The molecule has 4 N–H and O–H groups in total. The van der Waals surface area contributed by atoms with E-state index in [0.29, 0.717) is 17.5 Å². The third-order valence-corrected chi connectivity index (χ3v) is 3.80. The molecule has 0 radical (unpaired) electrons. The maximum atomic E-state index is 11.6. The zero-order valence-corrected chi connectivity index (χ0v) is 12.4. The van der Waals surface area contributed by atoms with Crippen molar-refractivity contribution in [3.63, 3.8) is 0 Å². The largest absolute Gasteiger partial charge is 0.343 e. The molecule has 0 aliphatic carbocycles. The second-order valence-corrected chi connectivity index (χ2v) is 5.35. The van der Waals surface area contributed by atoms with Gasteiger partial charge in [-0.1, -0.05) is 13.8 Å². The summed E-state index contributed by atoms with van der Waals surface area (Å²) in [5.74, 6) is 6.25. The minimum absolute atomic E-state index is 0.186. The molecule has 0 bridgehead atoms. The van der Waals surface area contributed by atoms with Crippen LogP contribution in [-0.4, -0.2) is 24.7 Å². The highest BCUT2D eigenvalue weighted by atomic mass is 32.2. The molecule has 0 amide bonds. The highest BCUT2D eigenvalue weighted by Gasteiger charge is 2.18. The number of hydrogen-bond donors (Lipinski definition) is 3. The Morgan fingerprint density at radius 1 is 1.50 bits per heavy atom. The zero-order chi connectivity index (χ0) is 14.7. The fourth-order valence-electron chi connectivity index (χ4n) is 1.84. The van der Waals surface area contributed by atoms with Crippen LogP contribution in [0.4, 0.5) is 5.82 Å². The highest BCUT2D eigenvalue weighted by Crippen LogP contribution is 2.33. The summed E-state index contributed by atoms with van der Waals surface area (Å²) in [4.78, 5) is 20.0. The summed E-state index contributed by atoms with van der Waals surface area (Å²) in [6.45, 7) is 6.49. The van der Waals surface area contributed by atoms with Crippen LogP contribution in [0.25, 0.3) is 0 Å². The third kappa shape index (κ3) is 2.68. The van der Waals surface area contributed by atoms with Gasteiger partial charge in [-0.05, 0) is 24.6 Å². The lowest BCUT2D eigenvalue weighted by Gasteiger charge is -2.14. The summed E-state index contributed by atoms with van der Waals surface area (Å²) < 4.78 is 1.55. The van der Waals surface area contributed by atoms with Crippen molar-refractivity contribution in [3.8, 4) is 0 Å². The van der Waals surface area contributed by atoms with Crippen LogP contribution in [0.15, 0.2) is 21.3 Å². The molecule has 0 aromatic carbocycles. The number of H-pyrrole nitrogens is 1. The number of hydrogen-bond acceptors (Lipinski definition) is 7. The van der Waals surface area contributed by atoms with Gasteiger partial charge in [-0.25, -0.2) is 25.7 Å². The van der Waals surface area contributed by atoms with Crippen LogP contribution in [0.3, 0.4) is 0 Å². The lowest BCUT2D eigenvalue weighted by Crippen LogP contribution is -2.16. The molecule has 2 aromatic rings. The number of hydrazine groups is 1. The Bertz CT molecular complexity index is 648. The molecule has 0 spiro atoms. The first kappa shape index (κ1) is 14.5. The van der Waals surface area contributed by atoms with Crippen LogP contribution in [0.2, 0.25) is 0 Å². The number of rotatable bonds is 5. The van der Waals surface area contributed by atoms with Gasteiger partial charge < -0.3 is 5.43 Å². The lowest BCUT2D eigenvalue weighted by molar-refractivity contribution is 0.659. The maximum absolute atomic E-state index is 11.6. The van der Waals surface area contributed by atoms with Crippen LogP contribution >= 0.6 is 11.8 Å². The van der Waals surface area contributed by atoms with Crippen molar-refractivity contribution in [2.24, 2.45) is 5.84 Å². The van der Waals surface area contributed by atoms with Crippen LogP contribution in [0.1, 0.15) is 32.3 Å². The first-order valence-electron chi connectivity index (χ1n) is 6.23. The number of aromatic amines is 1. The van der Waals surface area contributed by atoms with Crippen molar-refractivity contribution in [3.05, 3.63) is 22.4 Å². The molecule has 0 atom stereocenters. The number of aromatic nitrogens is 5. The second kappa shape index (κ2) is 6.06. The smallest absolute Gasteiger partial charge is 0.308 e. The first-order valence-corrected chi connectivity index (χ1v) is 7.04. The van der Waals surface area contributed by atoms with Gasteiger partial charge in [-0.3, -0.25) is 4.57 Å². The number of anilines is 1. The fourth-order valence-corrected chi connectivity index (χ4v) is 2.97. The number of nitrogens with zero attached hydrogens (tertiary/aromatic N) is 4. The average Bonchev–Trinajstić information content (AvgIpc) is 2.78. The predicted molar refractivity (Wildman–Crippen MR) is 76.6 cm³/mol. The molecule has 108 valence electrons. The van der Waals surface area contributed by atoms with Crippen molar-refractivity contribution in [1.29, 1.82) is 0 Å². The third-order valence-electron chi connectivity index (χ3n) is 2.79. The Balaban J connectivity index is 2.45. The highest BCUT2D eigenvalue weighted by molar-refractivity contribution is 7.99. The van der Waals surface area contributed by atoms with Crippen molar-refractivity contribution < 1.29 is 0 Å². The Morgan fingerprint density at radius 2 is 2.25 bits per heavy atom. The molecular weight excluding hydrogens is 278 g/mol. The number of nitrogens with one attached hydrogen (secondary N) is 2. The monoisotopic (exact) mass is 295 g/mol. The summed E-state index contributed by atoms with van der Waals surface area (Å²) in [5, 5.41) is 7.76. The van der Waals surface area contributed by atoms with Crippen molar-refractivity contribution >= 4 is 17.6 Å². The van der Waals surface area contributed by atoms with E-state index < -0.39 is 0 Å². The summed E-state index contributed by atoms with van der Waals surface area (Å²) in [7, 11) is 0. The molecule has 0 unspecified atom stereocenters. The summed E-state index contributed by atoms with van der Waals surface area (Å²) in [5.41, 5.74) is 3.25. The van der Waals surface area contributed by atoms with Gasteiger partial charge in [0.05, 0.1) is 0 Å². The predicted octanol–water partition coefficient (Wildman–Crippen LogP) is 0.941. The molecule has 0 aliphatic rings. The number of nitrogens with two attached hydrogens (primary N) is 1. The van der Waals surface area contributed by atoms with Gasteiger partial charge in [-0.15, -0.1) is 5.10 Å². The summed E-state index contributed by atoms with van der Waals surface area (Å²) in [6, 6.07) is 0. The van der Waals surface area contributed by atoms with Crippen LogP contribution in [0.5, 0.6) is 0 Å². The van der Waals surface area contributed by atoms with Gasteiger partial charge in [0.1, 0.15) is 17.2 Å². The van der Waals surface area contributed by atoms with Gasteiger partial charge >= 0.3 is 5.69 Å². The molecule has 2 heterocycles. The molecule has 8 nitrogen and oxygen atoms in total. The molecule has 20 heavy (non-hydrogen) atoms. The summed E-state index contributed by atoms with van der Waals surface area (Å²) in [6.07, 6.45) is 1.43. The molecule has 0 fully saturated rings. The van der Waals surface area contributed by atoms with E-state index in [-0.39, 0.29) is 11.6 Å². The van der Waals surface area contributed by atoms with E-state index in [9.17, 15) is 4.79 Å². The van der Waals surface area contributed by atoms with E-state index in [0.717, 1.165) is 10.6 Å². The van der Waals surface area contributed by atoms with Gasteiger partial charge in [-0.2, -0.15) is 0 Å². The minimum Gasteiger partial charge on any atom is -0.308 e. The van der Waals surface area contributed by atoms with E-state index >= 15 is 0 Å². The van der Waals surface area contributed by atoms with Crippen LogP contribution in [0, 0.1) is 0 Å². The van der Waals surface area contributed by atoms with Gasteiger partial charge in [0, 0.05) is 12.1 Å². The molecule has 2 aromatic heterocycles. The molecule has 0 aliphatic heterocycles. The van der Waals surface area contributed by atoms with E-state index in [4.69, 9.17) is 5.84 Å². The molecule has 2 rings (SSSR count). The van der Waals surface area contributed by atoms with Crippen molar-refractivity contribution in [2.45, 2.75) is 43.4 Å². The van der Waals surface area contributed by atoms with Gasteiger partial charge in [0.2, 0.25) is 0 Å². The average molecular weight is 295 g/mol. The minimum atomic E-state index is -0.229. The Kier molecular flexibility index (Phi) is 4.40. The normalized spacial score (nSPS) is 11.1. The molecule has 0 saturated heterocycles. The molecule has 9 heteroatoms. The van der Waals surface area contributed by atoms with Crippen LogP contribution < -0.4 is 17.0 Å². The first-order chi connectivity index (χ1) is 9.58. The van der Waals surface area contributed by atoms with Crippen LogP contribution in [-0.2, 0) is 6.54 Å². The second-order valence-electron chi connectivity index (χ2n) is 4.40. The van der Waals surface area contributed by atoms with Crippen molar-refractivity contribution in [1.82, 2.24) is 24.7 Å². The molecular formula is C11H17N7OS.